The molecule has 1 aromatic heterocycles. The highest BCUT2D eigenvalue weighted by Crippen LogP contribution is 2.21. The van der Waals surface area contributed by atoms with E-state index in [9.17, 15) is 8.78 Å². The molecule has 0 amide bonds. The van der Waals surface area contributed by atoms with E-state index in [0.29, 0.717) is 24.6 Å². The van der Waals surface area contributed by atoms with Crippen molar-refractivity contribution < 1.29 is 13.5 Å². The number of hydrogen-bond donors (Lipinski definition) is 2. The molecule has 0 unspecified atom stereocenters. The number of rotatable bonds is 6. The summed E-state index contributed by atoms with van der Waals surface area (Å²) >= 11 is 0. The van der Waals surface area contributed by atoms with Gasteiger partial charge in [-0.3, -0.25) is 9.67 Å². The third kappa shape index (κ3) is 4.94. The first-order valence-corrected chi connectivity index (χ1v) is 7.45. The fourth-order valence-electron chi connectivity index (χ4n) is 2.21. The summed E-state index contributed by atoms with van der Waals surface area (Å²) in [4.78, 5) is 4.12. The summed E-state index contributed by atoms with van der Waals surface area (Å²) in [7, 11) is 3.50. The SMILES string of the molecule is CN=C(NCc1cc(C)ccc1OC(F)F)NCc1ccnn1C. The lowest BCUT2D eigenvalue weighted by atomic mass is 10.1. The molecule has 2 aromatic rings. The van der Waals surface area contributed by atoms with E-state index in [1.165, 1.54) is 0 Å². The molecule has 0 radical (unpaired) electrons. The molecule has 0 aliphatic carbocycles. The van der Waals surface area contributed by atoms with Gasteiger partial charge in [-0.2, -0.15) is 13.9 Å². The van der Waals surface area contributed by atoms with Crippen molar-refractivity contribution in [3.8, 4) is 5.75 Å². The molecule has 0 aliphatic heterocycles. The average Bonchev–Trinajstić information content (AvgIpc) is 2.94. The Hall–Kier alpha value is -2.64. The number of ether oxygens (including phenoxy) is 1. The van der Waals surface area contributed by atoms with Crippen LogP contribution < -0.4 is 15.4 Å². The topological polar surface area (TPSA) is 63.5 Å². The average molecular weight is 337 g/mol. The van der Waals surface area contributed by atoms with Crippen LogP contribution in [-0.2, 0) is 20.1 Å². The van der Waals surface area contributed by atoms with Crippen LogP contribution in [0.15, 0.2) is 35.5 Å². The molecular formula is C16H21F2N5O. The van der Waals surface area contributed by atoms with Gasteiger partial charge in [0.2, 0.25) is 0 Å². The second-order valence-electron chi connectivity index (χ2n) is 5.22. The molecule has 2 N–H and O–H groups in total. The maximum Gasteiger partial charge on any atom is 0.387 e. The predicted molar refractivity (Wildman–Crippen MR) is 88.1 cm³/mol. The van der Waals surface area contributed by atoms with Crippen LogP contribution in [0.2, 0.25) is 0 Å². The Morgan fingerprint density at radius 3 is 2.67 bits per heavy atom. The van der Waals surface area contributed by atoms with Crippen LogP contribution in [0.3, 0.4) is 0 Å². The quantitative estimate of drug-likeness (QED) is 0.627. The minimum absolute atomic E-state index is 0.158. The molecular weight excluding hydrogens is 316 g/mol. The molecule has 130 valence electrons. The van der Waals surface area contributed by atoms with Gasteiger partial charge in [-0.1, -0.05) is 17.7 Å². The van der Waals surface area contributed by atoms with Gasteiger partial charge in [-0.05, 0) is 19.1 Å². The van der Waals surface area contributed by atoms with Gasteiger partial charge in [0.05, 0.1) is 12.2 Å². The number of aryl methyl sites for hydroxylation is 2. The summed E-state index contributed by atoms with van der Waals surface area (Å²) in [6.45, 7) is -0.0988. The predicted octanol–water partition coefficient (Wildman–Crippen LogP) is 2.20. The highest BCUT2D eigenvalue weighted by Gasteiger charge is 2.10. The zero-order valence-corrected chi connectivity index (χ0v) is 13.9. The van der Waals surface area contributed by atoms with Crippen LogP contribution in [0.5, 0.6) is 5.75 Å². The van der Waals surface area contributed by atoms with E-state index in [4.69, 9.17) is 0 Å². The molecule has 8 heteroatoms. The Labute approximate surface area is 139 Å². The minimum Gasteiger partial charge on any atom is -0.434 e. The number of nitrogens with zero attached hydrogens (tertiary/aromatic N) is 3. The van der Waals surface area contributed by atoms with Gasteiger partial charge in [0.15, 0.2) is 5.96 Å². The van der Waals surface area contributed by atoms with Crippen LogP contribution >= 0.6 is 0 Å². The summed E-state index contributed by atoms with van der Waals surface area (Å²) in [5.41, 5.74) is 2.60. The number of nitrogens with one attached hydrogen (secondary N) is 2. The third-order valence-corrected chi connectivity index (χ3v) is 3.46. The Bertz CT molecular complexity index is 700. The molecule has 0 atom stereocenters. The summed E-state index contributed by atoms with van der Waals surface area (Å²) < 4.78 is 31.3. The van der Waals surface area contributed by atoms with Crippen molar-refractivity contribution in [2.75, 3.05) is 7.05 Å². The highest BCUT2D eigenvalue weighted by atomic mass is 19.3. The Balaban J connectivity index is 1.97. The molecule has 1 heterocycles. The Morgan fingerprint density at radius 1 is 1.29 bits per heavy atom. The van der Waals surface area contributed by atoms with Crippen LogP contribution in [0.1, 0.15) is 16.8 Å². The number of benzene rings is 1. The van der Waals surface area contributed by atoms with Gasteiger partial charge in [0, 0.05) is 32.4 Å². The molecule has 24 heavy (non-hydrogen) atoms. The first kappa shape index (κ1) is 17.7. The van der Waals surface area contributed by atoms with Crippen LogP contribution in [0, 0.1) is 6.92 Å². The zero-order chi connectivity index (χ0) is 17.5. The van der Waals surface area contributed by atoms with Gasteiger partial charge >= 0.3 is 6.61 Å². The van der Waals surface area contributed by atoms with E-state index in [0.717, 1.165) is 11.3 Å². The van der Waals surface area contributed by atoms with E-state index in [1.54, 1.807) is 36.1 Å². The molecule has 6 nitrogen and oxygen atoms in total. The van der Waals surface area contributed by atoms with Crippen molar-refractivity contribution in [1.82, 2.24) is 20.4 Å². The van der Waals surface area contributed by atoms with Gasteiger partial charge in [0.1, 0.15) is 5.75 Å². The molecule has 0 aliphatic rings. The van der Waals surface area contributed by atoms with Crippen molar-refractivity contribution >= 4 is 5.96 Å². The first-order chi connectivity index (χ1) is 11.5. The van der Waals surface area contributed by atoms with E-state index in [1.807, 2.05) is 20.0 Å². The number of guanidine groups is 1. The number of aliphatic imine (C=N–C) groups is 1. The fourth-order valence-corrected chi connectivity index (χ4v) is 2.21. The van der Waals surface area contributed by atoms with Gasteiger partial charge < -0.3 is 15.4 Å². The van der Waals surface area contributed by atoms with Crippen molar-refractivity contribution in [2.45, 2.75) is 26.6 Å². The summed E-state index contributed by atoms with van der Waals surface area (Å²) in [6.07, 6.45) is 1.72. The van der Waals surface area contributed by atoms with E-state index in [-0.39, 0.29) is 5.75 Å². The van der Waals surface area contributed by atoms with Gasteiger partial charge in [-0.15, -0.1) is 0 Å². The lowest BCUT2D eigenvalue weighted by Gasteiger charge is -2.15. The molecule has 0 bridgehead atoms. The molecule has 1 aromatic carbocycles. The van der Waals surface area contributed by atoms with Crippen LogP contribution in [0.25, 0.3) is 0 Å². The number of aromatic nitrogens is 2. The summed E-state index contributed by atoms with van der Waals surface area (Å²) in [6, 6.07) is 6.98. The summed E-state index contributed by atoms with van der Waals surface area (Å²) in [5.74, 6) is 0.714. The van der Waals surface area contributed by atoms with Crippen molar-refractivity contribution in [2.24, 2.45) is 12.0 Å². The number of halogens is 2. The van der Waals surface area contributed by atoms with Crippen molar-refractivity contribution in [3.63, 3.8) is 0 Å². The molecule has 0 spiro atoms. The van der Waals surface area contributed by atoms with E-state index in [2.05, 4.69) is 25.5 Å². The smallest absolute Gasteiger partial charge is 0.387 e. The van der Waals surface area contributed by atoms with E-state index < -0.39 is 6.61 Å². The zero-order valence-electron chi connectivity index (χ0n) is 13.9. The highest BCUT2D eigenvalue weighted by molar-refractivity contribution is 5.79. The number of alkyl halides is 2. The van der Waals surface area contributed by atoms with Crippen molar-refractivity contribution in [1.29, 1.82) is 0 Å². The largest absolute Gasteiger partial charge is 0.434 e. The normalized spacial score (nSPS) is 11.7. The third-order valence-electron chi connectivity index (χ3n) is 3.46. The van der Waals surface area contributed by atoms with E-state index >= 15 is 0 Å². The lowest BCUT2D eigenvalue weighted by molar-refractivity contribution is -0.0504. The van der Waals surface area contributed by atoms with Crippen LogP contribution in [-0.4, -0.2) is 29.4 Å². The number of hydrogen-bond acceptors (Lipinski definition) is 3. The standard InChI is InChI=1S/C16H21F2N5O/c1-11-4-5-14(24-15(17)18)12(8-11)9-20-16(19-2)21-10-13-6-7-22-23(13)3/h4-8,15H,9-10H2,1-3H3,(H2,19,20,21). The maximum absolute atomic E-state index is 12.5. The molecule has 0 saturated heterocycles. The Morgan fingerprint density at radius 2 is 2.04 bits per heavy atom. The fraction of sp³-hybridized carbons (Fsp3) is 0.375. The lowest BCUT2D eigenvalue weighted by Crippen LogP contribution is -2.36. The molecule has 2 rings (SSSR count). The van der Waals surface area contributed by atoms with Crippen LogP contribution in [0.4, 0.5) is 8.78 Å². The summed E-state index contributed by atoms with van der Waals surface area (Å²) in [5, 5.41) is 10.3. The Kier molecular flexibility index (Phi) is 6.11. The second-order valence-corrected chi connectivity index (χ2v) is 5.22. The minimum atomic E-state index is -2.85. The van der Waals surface area contributed by atoms with Crippen molar-refractivity contribution in [3.05, 3.63) is 47.3 Å². The maximum atomic E-state index is 12.5. The van der Waals surface area contributed by atoms with Gasteiger partial charge in [-0.25, -0.2) is 0 Å². The monoisotopic (exact) mass is 337 g/mol. The first-order valence-electron chi connectivity index (χ1n) is 7.45. The molecule has 0 saturated carbocycles. The second kappa shape index (κ2) is 8.28. The molecule has 0 fully saturated rings. The van der Waals surface area contributed by atoms with Gasteiger partial charge in [0.25, 0.3) is 0 Å².